The van der Waals surface area contributed by atoms with Gasteiger partial charge < -0.3 is 0 Å². The molecule has 0 N–H and O–H groups in total. The molecule has 0 aliphatic heterocycles. The van der Waals surface area contributed by atoms with Gasteiger partial charge in [0.25, 0.3) is 0 Å². The van der Waals surface area contributed by atoms with Gasteiger partial charge >= 0.3 is 0 Å². The molecule has 0 spiro atoms. The largest absolute Gasteiger partial charge is 0.0619 e. The van der Waals surface area contributed by atoms with Gasteiger partial charge in [0, 0.05) is 20.7 Å². The minimum absolute atomic E-state index is 0.0169. The zero-order valence-electron chi connectivity index (χ0n) is 21.9. The van der Waals surface area contributed by atoms with Crippen LogP contribution >= 0.6 is 15.9 Å². The number of hydrogen-bond donors (Lipinski definition) is 0. The van der Waals surface area contributed by atoms with Gasteiger partial charge in [0.05, 0.1) is 0 Å². The Balaban J connectivity index is 1.36. The maximum absolute atomic E-state index is 3.69. The quantitative estimate of drug-likeness (QED) is 0.229. The second-order valence-electron chi connectivity index (χ2n) is 12.4. The number of benzene rings is 4. The third-order valence-corrected chi connectivity index (χ3v) is 9.80. The van der Waals surface area contributed by atoms with E-state index in [1.165, 1.54) is 66.8 Å². The molecule has 0 unspecified atom stereocenters. The average molecular weight is 532 g/mol. The summed E-state index contributed by atoms with van der Waals surface area (Å²) in [5.74, 6) is 0. The summed E-state index contributed by atoms with van der Waals surface area (Å²) in [4.78, 5) is 0. The van der Waals surface area contributed by atoms with Crippen LogP contribution < -0.4 is 0 Å². The standard InChI is InChI=1S/C35H31Br/c1-33(2)28-17-20(11-14-23(28)24-16-13-22(36)19-30(24)33)21-12-15-26-29(18-21)35(5,6)31-25-9-7-8-10-27(25)34(3,4)32(26)31/h7-19H,1-6H3. The summed E-state index contributed by atoms with van der Waals surface area (Å²) in [5, 5.41) is 0. The lowest BCUT2D eigenvalue weighted by molar-refractivity contribution is 0.660. The normalized spacial score (nSPS) is 19.0. The summed E-state index contributed by atoms with van der Waals surface area (Å²) < 4.78 is 1.15. The molecule has 0 amide bonds. The van der Waals surface area contributed by atoms with Crippen LogP contribution in [0.3, 0.4) is 0 Å². The second-order valence-corrected chi connectivity index (χ2v) is 13.3. The maximum Gasteiger partial charge on any atom is 0.0178 e. The van der Waals surface area contributed by atoms with Crippen molar-refractivity contribution >= 4 is 27.1 Å². The van der Waals surface area contributed by atoms with Crippen LogP contribution in [0, 0.1) is 0 Å². The van der Waals surface area contributed by atoms with Crippen LogP contribution in [-0.4, -0.2) is 0 Å². The summed E-state index contributed by atoms with van der Waals surface area (Å²) in [7, 11) is 0. The summed E-state index contributed by atoms with van der Waals surface area (Å²) in [5.41, 5.74) is 17.0. The molecule has 0 saturated heterocycles. The van der Waals surface area contributed by atoms with Crippen molar-refractivity contribution in [3.8, 4) is 22.3 Å². The molecule has 0 bridgehead atoms. The van der Waals surface area contributed by atoms with Crippen LogP contribution in [-0.2, 0) is 16.2 Å². The van der Waals surface area contributed by atoms with Crippen molar-refractivity contribution in [2.24, 2.45) is 0 Å². The van der Waals surface area contributed by atoms with Gasteiger partial charge in [0.15, 0.2) is 0 Å². The Kier molecular flexibility index (Phi) is 4.27. The van der Waals surface area contributed by atoms with Crippen molar-refractivity contribution in [3.05, 3.63) is 117 Å². The number of fused-ring (bicyclic) bond motifs is 7. The Labute approximate surface area is 223 Å². The van der Waals surface area contributed by atoms with E-state index in [-0.39, 0.29) is 16.2 Å². The van der Waals surface area contributed by atoms with Crippen molar-refractivity contribution < 1.29 is 0 Å². The topological polar surface area (TPSA) is 0 Å². The van der Waals surface area contributed by atoms with Gasteiger partial charge in [-0.1, -0.05) is 112 Å². The molecule has 1 heteroatoms. The molecule has 0 aromatic heterocycles. The van der Waals surface area contributed by atoms with Crippen LogP contribution in [0.2, 0.25) is 0 Å². The Morgan fingerprint density at radius 3 is 1.58 bits per heavy atom. The third kappa shape index (κ3) is 2.65. The van der Waals surface area contributed by atoms with Crippen molar-refractivity contribution in [1.82, 2.24) is 0 Å². The highest BCUT2D eigenvalue weighted by Crippen LogP contribution is 2.62. The molecule has 3 aliphatic carbocycles. The third-order valence-electron chi connectivity index (χ3n) is 9.30. The first-order chi connectivity index (χ1) is 17.0. The van der Waals surface area contributed by atoms with Gasteiger partial charge in [-0.05, 0) is 91.0 Å². The van der Waals surface area contributed by atoms with Crippen LogP contribution in [0.4, 0.5) is 0 Å². The van der Waals surface area contributed by atoms with E-state index < -0.39 is 0 Å². The lowest BCUT2D eigenvalue weighted by Crippen LogP contribution is -2.19. The number of allylic oxidation sites excluding steroid dienone is 2. The molecular weight excluding hydrogens is 500 g/mol. The van der Waals surface area contributed by atoms with Crippen molar-refractivity contribution in [1.29, 1.82) is 0 Å². The van der Waals surface area contributed by atoms with Crippen LogP contribution in [0.25, 0.3) is 33.4 Å². The molecule has 0 radical (unpaired) electrons. The van der Waals surface area contributed by atoms with Gasteiger partial charge in [-0.3, -0.25) is 0 Å². The van der Waals surface area contributed by atoms with Gasteiger partial charge in [-0.15, -0.1) is 0 Å². The first kappa shape index (κ1) is 22.3. The van der Waals surface area contributed by atoms with E-state index >= 15 is 0 Å². The minimum Gasteiger partial charge on any atom is -0.0619 e. The maximum atomic E-state index is 3.69. The zero-order valence-corrected chi connectivity index (χ0v) is 23.5. The van der Waals surface area contributed by atoms with E-state index in [1.54, 1.807) is 0 Å². The smallest absolute Gasteiger partial charge is 0.0178 e. The molecule has 178 valence electrons. The Bertz CT molecular complexity index is 1660. The highest BCUT2D eigenvalue weighted by atomic mass is 79.9. The van der Waals surface area contributed by atoms with Crippen molar-refractivity contribution in [2.45, 2.75) is 57.8 Å². The Hall–Kier alpha value is -2.90. The van der Waals surface area contributed by atoms with Gasteiger partial charge in [-0.2, -0.15) is 0 Å². The average Bonchev–Trinajstić information content (AvgIpc) is 3.34. The first-order valence-electron chi connectivity index (χ1n) is 13.0. The highest BCUT2D eigenvalue weighted by molar-refractivity contribution is 9.10. The Morgan fingerprint density at radius 2 is 0.917 bits per heavy atom. The molecule has 36 heavy (non-hydrogen) atoms. The first-order valence-corrected chi connectivity index (χ1v) is 13.8. The molecule has 4 aromatic carbocycles. The molecule has 0 saturated carbocycles. The molecule has 4 aromatic rings. The number of hydrogen-bond acceptors (Lipinski definition) is 0. The van der Waals surface area contributed by atoms with E-state index in [0.717, 1.165) is 4.47 Å². The number of rotatable bonds is 1. The Morgan fingerprint density at radius 1 is 0.444 bits per heavy atom. The summed E-state index contributed by atoms with van der Waals surface area (Å²) in [6.07, 6.45) is 0. The van der Waals surface area contributed by atoms with E-state index in [4.69, 9.17) is 0 Å². The molecule has 0 fully saturated rings. The van der Waals surface area contributed by atoms with E-state index in [0.29, 0.717) is 0 Å². The van der Waals surface area contributed by atoms with E-state index in [1.807, 2.05) is 0 Å². The molecule has 0 atom stereocenters. The lowest BCUT2D eigenvalue weighted by Gasteiger charge is -2.28. The van der Waals surface area contributed by atoms with Gasteiger partial charge in [0.2, 0.25) is 0 Å². The van der Waals surface area contributed by atoms with Gasteiger partial charge in [0.1, 0.15) is 0 Å². The van der Waals surface area contributed by atoms with E-state index in [2.05, 4.69) is 136 Å². The fourth-order valence-electron chi connectivity index (χ4n) is 7.43. The monoisotopic (exact) mass is 530 g/mol. The summed E-state index contributed by atoms with van der Waals surface area (Å²) >= 11 is 3.69. The minimum atomic E-state index is -0.0247. The van der Waals surface area contributed by atoms with Crippen LogP contribution in [0.5, 0.6) is 0 Å². The zero-order chi connectivity index (χ0) is 25.2. The summed E-state index contributed by atoms with van der Waals surface area (Å²) in [6, 6.07) is 30.0. The predicted octanol–water partition coefficient (Wildman–Crippen LogP) is 9.92. The molecular formula is C35H31Br. The van der Waals surface area contributed by atoms with Crippen LogP contribution in [0.1, 0.15) is 74.9 Å². The van der Waals surface area contributed by atoms with Crippen molar-refractivity contribution in [3.63, 3.8) is 0 Å². The molecule has 7 rings (SSSR count). The van der Waals surface area contributed by atoms with Crippen molar-refractivity contribution in [2.75, 3.05) is 0 Å². The van der Waals surface area contributed by atoms with Crippen LogP contribution in [0.15, 0.2) is 83.3 Å². The fraction of sp³-hybridized carbons (Fsp3) is 0.257. The molecule has 0 nitrogen and oxygen atoms in total. The van der Waals surface area contributed by atoms with E-state index in [9.17, 15) is 0 Å². The predicted molar refractivity (Wildman–Crippen MR) is 156 cm³/mol. The van der Waals surface area contributed by atoms with Gasteiger partial charge in [-0.25, -0.2) is 0 Å². The highest BCUT2D eigenvalue weighted by Gasteiger charge is 2.49. The lowest BCUT2D eigenvalue weighted by atomic mass is 9.75. The second kappa shape index (κ2) is 6.90. The summed E-state index contributed by atoms with van der Waals surface area (Å²) in [6.45, 7) is 14.3. The molecule has 0 heterocycles. The molecule has 3 aliphatic rings. The number of halogens is 1. The SMILES string of the molecule is CC1(C)C2=C(c3ccccc31)C(C)(C)c1cc(-c3ccc4c(c3)C(C)(C)c3cc(Br)ccc3-4)ccc12. The fourth-order valence-corrected chi connectivity index (χ4v) is 7.79.